The molecule has 0 radical (unpaired) electrons. The van der Waals surface area contributed by atoms with E-state index in [2.05, 4.69) is 61.1 Å². The summed E-state index contributed by atoms with van der Waals surface area (Å²) in [4.78, 5) is 0. The zero-order valence-corrected chi connectivity index (χ0v) is 14.7. The van der Waals surface area contributed by atoms with Gasteiger partial charge in [-0.25, -0.2) is 0 Å². The predicted molar refractivity (Wildman–Crippen MR) is 68.7 cm³/mol. The van der Waals surface area contributed by atoms with E-state index >= 15 is 0 Å². The molecule has 4 heteroatoms. The fourth-order valence-electron chi connectivity index (χ4n) is 1.02. The SMILES string of the molecule is CCl.CCl.C[Si](C)(C)[Zr][C]1=CC=CC1. The molecule has 0 aromatic rings. The van der Waals surface area contributed by atoms with Crippen LogP contribution >= 0.6 is 23.2 Å². The van der Waals surface area contributed by atoms with Crippen LogP contribution in [-0.4, -0.2) is 18.0 Å². The van der Waals surface area contributed by atoms with E-state index in [1.165, 1.54) is 19.2 Å². The standard InChI is InChI=1S/C5H5.C3H9Si.2CH3Cl.Zr/c1-2-4-5-3-1;1-4(2)3;2*1-2;/h1-3H,4H2;1-3H3;2*1H3;. The number of allylic oxidation sites excluding steroid dienone is 4. The number of hydrogen-bond donors (Lipinski definition) is 0. The van der Waals surface area contributed by atoms with Crippen LogP contribution in [0.4, 0.5) is 0 Å². The fourth-order valence-corrected chi connectivity index (χ4v) is 11.2. The van der Waals surface area contributed by atoms with Gasteiger partial charge >= 0.3 is 75.2 Å². The average molecular weight is 330 g/mol. The minimum absolute atomic E-state index is 0.108. The molecule has 0 heterocycles. The van der Waals surface area contributed by atoms with Gasteiger partial charge in [0.15, 0.2) is 0 Å². The molecule has 0 bridgehead atoms. The fraction of sp³-hybridized carbons (Fsp3) is 0.600. The second-order valence-corrected chi connectivity index (χ2v) is 22.9. The Morgan fingerprint density at radius 2 is 1.64 bits per heavy atom. The van der Waals surface area contributed by atoms with Crippen LogP contribution < -0.4 is 0 Å². The Labute approximate surface area is 110 Å². The summed E-state index contributed by atoms with van der Waals surface area (Å²) in [5.41, 5.74) is 0. The summed E-state index contributed by atoms with van der Waals surface area (Å²) < 4.78 is 1.81. The van der Waals surface area contributed by atoms with Gasteiger partial charge in [0.2, 0.25) is 0 Å². The van der Waals surface area contributed by atoms with Crippen molar-refractivity contribution in [2.24, 2.45) is 0 Å². The molecule has 0 aromatic carbocycles. The number of rotatable bonds is 2. The van der Waals surface area contributed by atoms with Gasteiger partial charge in [0.05, 0.1) is 0 Å². The topological polar surface area (TPSA) is 0 Å². The molecular weight excluding hydrogens is 310 g/mol. The Morgan fingerprint density at radius 3 is 1.93 bits per heavy atom. The van der Waals surface area contributed by atoms with E-state index in [1.54, 1.807) is 0 Å². The Kier molecular flexibility index (Phi) is 13.4. The molecule has 0 unspecified atom stereocenters. The van der Waals surface area contributed by atoms with Crippen molar-refractivity contribution in [1.29, 1.82) is 0 Å². The van der Waals surface area contributed by atoms with Gasteiger partial charge in [-0.3, -0.25) is 0 Å². The molecule has 0 N–H and O–H groups in total. The average Bonchev–Trinajstić information content (AvgIpc) is 2.61. The molecule has 0 atom stereocenters. The normalized spacial score (nSPS) is 13.2. The first-order chi connectivity index (χ1) is 6.58. The summed E-state index contributed by atoms with van der Waals surface area (Å²) in [7, 11) is 0. The van der Waals surface area contributed by atoms with Crippen molar-refractivity contribution in [2.45, 2.75) is 26.1 Å². The second-order valence-electron chi connectivity index (χ2n) is 3.70. The van der Waals surface area contributed by atoms with E-state index in [4.69, 9.17) is 0 Å². The van der Waals surface area contributed by atoms with Crippen molar-refractivity contribution in [3.05, 3.63) is 21.5 Å². The van der Waals surface area contributed by atoms with Crippen molar-refractivity contribution in [3.8, 4) is 0 Å². The van der Waals surface area contributed by atoms with Crippen molar-refractivity contribution >= 4 is 28.4 Å². The first-order valence-electron chi connectivity index (χ1n) is 4.47. The second kappa shape index (κ2) is 10.7. The minimum atomic E-state index is -0.661. The van der Waals surface area contributed by atoms with Gasteiger partial charge in [0, 0.05) is 12.8 Å². The van der Waals surface area contributed by atoms with E-state index in [9.17, 15) is 0 Å². The van der Waals surface area contributed by atoms with Crippen LogP contribution in [0.25, 0.3) is 0 Å². The Hall–Kier alpha value is 1.16. The molecule has 0 fully saturated rings. The molecule has 1 aliphatic carbocycles. The summed E-state index contributed by atoms with van der Waals surface area (Å²) in [5, 5.41) is -0.661. The van der Waals surface area contributed by atoms with Gasteiger partial charge in [-0.2, -0.15) is 0 Å². The first kappa shape index (κ1) is 17.6. The van der Waals surface area contributed by atoms with Crippen molar-refractivity contribution < 1.29 is 22.4 Å². The summed E-state index contributed by atoms with van der Waals surface area (Å²) in [5.74, 6) is 0. The third-order valence-corrected chi connectivity index (χ3v) is 11.2. The first-order valence-corrected chi connectivity index (χ1v) is 14.4. The number of hydrogen-bond acceptors (Lipinski definition) is 0. The summed E-state index contributed by atoms with van der Waals surface area (Å²) in [6, 6.07) is 0. The molecule has 0 aromatic heterocycles. The molecule has 0 nitrogen and oxygen atoms in total. The zero-order valence-electron chi connectivity index (χ0n) is 9.70. The Balaban J connectivity index is 0. The maximum absolute atomic E-state index is 4.64. The number of halogens is 2. The quantitative estimate of drug-likeness (QED) is 0.518. The van der Waals surface area contributed by atoms with Crippen LogP contribution in [0.15, 0.2) is 21.5 Å². The van der Waals surface area contributed by atoms with E-state index in [1.807, 2.05) is 3.28 Å². The van der Waals surface area contributed by atoms with Crippen molar-refractivity contribution in [1.82, 2.24) is 0 Å². The molecular formula is C10H20Cl2SiZr. The molecule has 1 rings (SSSR count). The van der Waals surface area contributed by atoms with Gasteiger partial charge < -0.3 is 0 Å². The van der Waals surface area contributed by atoms with Crippen LogP contribution in [-0.2, 0) is 22.4 Å². The van der Waals surface area contributed by atoms with E-state index in [0.717, 1.165) is 0 Å². The predicted octanol–water partition coefficient (Wildman–Crippen LogP) is 4.46. The number of alkyl halides is 2. The molecule has 1 aliphatic rings. The molecule has 0 saturated heterocycles. The molecule has 0 saturated carbocycles. The molecule has 0 spiro atoms. The third kappa shape index (κ3) is 11.2. The zero-order chi connectivity index (χ0) is 11.6. The third-order valence-electron chi connectivity index (χ3n) is 1.31. The molecule has 14 heavy (non-hydrogen) atoms. The van der Waals surface area contributed by atoms with E-state index in [-0.39, 0.29) is 22.4 Å². The van der Waals surface area contributed by atoms with Gasteiger partial charge in [-0.1, -0.05) is 0 Å². The van der Waals surface area contributed by atoms with Crippen LogP contribution in [0.5, 0.6) is 0 Å². The van der Waals surface area contributed by atoms with Crippen molar-refractivity contribution in [2.75, 3.05) is 12.8 Å². The molecule has 0 amide bonds. The monoisotopic (exact) mass is 328 g/mol. The van der Waals surface area contributed by atoms with Crippen LogP contribution in [0.3, 0.4) is 0 Å². The summed E-state index contributed by atoms with van der Waals surface area (Å²) >= 11 is 9.17. The summed E-state index contributed by atoms with van der Waals surface area (Å²) in [6.07, 6.45) is 11.1. The van der Waals surface area contributed by atoms with Crippen LogP contribution in [0, 0.1) is 0 Å². The van der Waals surface area contributed by atoms with Crippen LogP contribution in [0.1, 0.15) is 6.42 Å². The maximum atomic E-state index is 4.64. The van der Waals surface area contributed by atoms with Gasteiger partial charge in [-0.05, 0) is 0 Å². The molecule has 0 aliphatic heterocycles. The van der Waals surface area contributed by atoms with Gasteiger partial charge in [-0.15, -0.1) is 23.2 Å². The Morgan fingerprint density at radius 1 is 1.14 bits per heavy atom. The Bertz CT molecular complexity index is 183. The van der Waals surface area contributed by atoms with Crippen LogP contribution in [0.2, 0.25) is 19.6 Å². The van der Waals surface area contributed by atoms with Gasteiger partial charge in [0.1, 0.15) is 0 Å². The van der Waals surface area contributed by atoms with Gasteiger partial charge in [0.25, 0.3) is 0 Å². The molecule has 82 valence electrons. The summed E-state index contributed by atoms with van der Waals surface area (Å²) in [6.45, 7) is 7.50. The van der Waals surface area contributed by atoms with E-state index < -0.39 is 5.20 Å². The van der Waals surface area contributed by atoms with E-state index in [0.29, 0.717) is 0 Å². The van der Waals surface area contributed by atoms with Crippen molar-refractivity contribution in [3.63, 3.8) is 0 Å².